The van der Waals surface area contributed by atoms with Crippen LogP contribution in [-0.2, 0) is 16.4 Å². The van der Waals surface area contributed by atoms with Gasteiger partial charge < -0.3 is 9.80 Å². The van der Waals surface area contributed by atoms with Crippen molar-refractivity contribution >= 4 is 27.3 Å². The highest BCUT2D eigenvalue weighted by molar-refractivity contribution is 7.91. The third-order valence-corrected chi connectivity index (χ3v) is 8.77. The number of amides is 2. The number of carbonyl (C=O) groups excluding carboxylic acids is 2. The Morgan fingerprint density at radius 3 is 2.40 bits per heavy atom. The number of likely N-dealkylation sites (tertiary alicyclic amines) is 1. The smallest absolute Gasteiger partial charge is 0.259 e. The van der Waals surface area contributed by atoms with Crippen LogP contribution in [0.25, 0.3) is 0 Å². The van der Waals surface area contributed by atoms with Crippen LogP contribution in [0.3, 0.4) is 0 Å². The molecular formula is C28H28N2O4S. The van der Waals surface area contributed by atoms with Crippen LogP contribution in [0.4, 0.5) is 5.69 Å². The van der Waals surface area contributed by atoms with E-state index in [0.717, 1.165) is 36.0 Å². The molecule has 0 aliphatic carbocycles. The van der Waals surface area contributed by atoms with E-state index in [9.17, 15) is 18.0 Å². The summed E-state index contributed by atoms with van der Waals surface area (Å²) in [6.07, 6.45) is 3.01. The van der Waals surface area contributed by atoms with Gasteiger partial charge in [-0.1, -0.05) is 35.9 Å². The SMILES string of the molecule is Cc1ccc(C)c(CN2C(=O)c3ccccc3S(=O)(=O)c3ccc(C(=O)N4CCCCC4)cc32)c1. The highest BCUT2D eigenvalue weighted by Gasteiger charge is 2.36. The maximum atomic E-state index is 13.8. The molecule has 6 nitrogen and oxygen atoms in total. The van der Waals surface area contributed by atoms with E-state index >= 15 is 0 Å². The van der Waals surface area contributed by atoms with Crippen molar-refractivity contribution in [3.63, 3.8) is 0 Å². The molecule has 1 fully saturated rings. The van der Waals surface area contributed by atoms with Gasteiger partial charge in [-0.25, -0.2) is 8.42 Å². The van der Waals surface area contributed by atoms with Gasteiger partial charge in [-0.15, -0.1) is 0 Å². The van der Waals surface area contributed by atoms with Gasteiger partial charge in [0.05, 0.1) is 27.6 Å². The summed E-state index contributed by atoms with van der Waals surface area (Å²) in [4.78, 5) is 30.4. The van der Waals surface area contributed by atoms with Gasteiger partial charge in [0.1, 0.15) is 0 Å². The third-order valence-electron chi connectivity index (χ3n) is 6.91. The molecule has 180 valence electrons. The van der Waals surface area contributed by atoms with E-state index in [0.29, 0.717) is 18.7 Å². The van der Waals surface area contributed by atoms with E-state index < -0.39 is 15.7 Å². The number of benzene rings is 3. The van der Waals surface area contributed by atoms with E-state index in [1.807, 2.05) is 36.9 Å². The lowest BCUT2D eigenvalue weighted by molar-refractivity contribution is 0.0724. The summed E-state index contributed by atoms with van der Waals surface area (Å²) in [5.74, 6) is -0.530. The number of hydrogen-bond donors (Lipinski definition) is 0. The molecule has 5 rings (SSSR count). The highest BCUT2D eigenvalue weighted by atomic mass is 32.2. The van der Waals surface area contributed by atoms with Gasteiger partial charge in [-0.3, -0.25) is 9.59 Å². The lowest BCUT2D eigenvalue weighted by Crippen LogP contribution is -2.36. The van der Waals surface area contributed by atoms with Gasteiger partial charge in [0, 0.05) is 18.7 Å². The number of carbonyl (C=O) groups is 2. The average molecular weight is 489 g/mol. The van der Waals surface area contributed by atoms with Crippen molar-refractivity contribution in [2.24, 2.45) is 0 Å². The Hall–Kier alpha value is -3.45. The number of hydrogen-bond acceptors (Lipinski definition) is 4. The minimum Gasteiger partial charge on any atom is -0.339 e. The Balaban J connectivity index is 1.69. The van der Waals surface area contributed by atoms with Crippen molar-refractivity contribution in [3.05, 3.63) is 88.5 Å². The van der Waals surface area contributed by atoms with Crippen LogP contribution < -0.4 is 4.90 Å². The molecule has 35 heavy (non-hydrogen) atoms. The summed E-state index contributed by atoms with van der Waals surface area (Å²) in [6, 6.07) is 17.0. The molecule has 0 N–H and O–H groups in total. The quantitative estimate of drug-likeness (QED) is 0.524. The number of nitrogens with zero attached hydrogens (tertiary/aromatic N) is 2. The molecule has 2 aliphatic rings. The number of piperidine rings is 1. The number of anilines is 1. The van der Waals surface area contributed by atoms with E-state index in [1.165, 1.54) is 17.0 Å². The standard InChI is InChI=1S/C28H28N2O4S/c1-19-10-11-20(2)22(16-19)18-30-24-17-21(27(31)29-14-6-3-7-15-29)12-13-26(24)35(33,34)25-9-5-4-8-23(25)28(30)32/h4-5,8-13,16-17H,3,6-7,14-15,18H2,1-2H3. The van der Waals surface area contributed by atoms with Crippen molar-refractivity contribution in [2.75, 3.05) is 18.0 Å². The first-order valence-electron chi connectivity index (χ1n) is 11.9. The zero-order valence-electron chi connectivity index (χ0n) is 20.0. The summed E-state index contributed by atoms with van der Waals surface area (Å²) < 4.78 is 27.4. The maximum absolute atomic E-state index is 13.8. The largest absolute Gasteiger partial charge is 0.339 e. The van der Waals surface area contributed by atoms with Crippen LogP contribution >= 0.6 is 0 Å². The average Bonchev–Trinajstić information content (AvgIpc) is 2.94. The second-order valence-corrected chi connectivity index (χ2v) is 11.2. The molecule has 1 saturated heterocycles. The van der Waals surface area contributed by atoms with Gasteiger partial charge in [0.15, 0.2) is 0 Å². The van der Waals surface area contributed by atoms with E-state index in [-0.39, 0.29) is 33.5 Å². The first-order valence-corrected chi connectivity index (χ1v) is 13.4. The van der Waals surface area contributed by atoms with Crippen molar-refractivity contribution in [3.8, 4) is 0 Å². The van der Waals surface area contributed by atoms with Crippen LogP contribution in [0, 0.1) is 13.8 Å². The van der Waals surface area contributed by atoms with Crippen LogP contribution in [0.5, 0.6) is 0 Å². The maximum Gasteiger partial charge on any atom is 0.259 e. The van der Waals surface area contributed by atoms with Crippen molar-refractivity contribution in [1.82, 2.24) is 4.90 Å². The lowest BCUT2D eigenvalue weighted by atomic mass is 10.0. The summed E-state index contributed by atoms with van der Waals surface area (Å²) in [5.41, 5.74) is 3.76. The monoisotopic (exact) mass is 488 g/mol. The molecule has 0 unspecified atom stereocenters. The van der Waals surface area contributed by atoms with Gasteiger partial charge >= 0.3 is 0 Å². The van der Waals surface area contributed by atoms with Gasteiger partial charge in [-0.2, -0.15) is 0 Å². The van der Waals surface area contributed by atoms with Gasteiger partial charge in [0.25, 0.3) is 11.8 Å². The zero-order chi connectivity index (χ0) is 24.7. The van der Waals surface area contributed by atoms with Crippen LogP contribution in [0.1, 0.15) is 56.7 Å². The minimum atomic E-state index is -3.97. The van der Waals surface area contributed by atoms with Gasteiger partial charge in [0.2, 0.25) is 9.84 Å². The lowest BCUT2D eigenvalue weighted by Gasteiger charge is -2.28. The molecule has 0 atom stereocenters. The van der Waals surface area contributed by atoms with Gasteiger partial charge in [-0.05, 0) is 74.6 Å². The Morgan fingerprint density at radius 1 is 0.886 bits per heavy atom. The number of aryl methyl sites for hydroxylation is 2. The van der Waals surface area contributed by atoms with Crippen LogP contribution in [-0.4, -0.2) is 38.2 Å². The fourth-order valence-electron chi connectivity index (χ4n) is 4.92. The second-order valence-electron chi connectivity index (χ2n) is 9.36. The first kappa shape index (κ1) is 23.3. The molecule has 2 aliphatic heterocycles. The highest BCUT2D eigenvalue weighted by Crippen LogP contribution is 2.38. The van der Waals surface area contributed by atoms with E-state index in [4.69, 9.17) is 0 Å². The van der Waals surface area contributed by atoms with Crippen molar-refractivity contribution < 1.29 is 18.0 Å². The summed E-state index contributed by atoms with van der Waals surface area (Å²) >= 11 is 0. The van der Waals surface area contributed by atoms with Crippen molar-refractivity contribution in [1.29, 1.82) is 0 Å². The Kier molecular flexibility index (Phi) is 5.97. The second kappa shape index (κ2) is 8.96. The van der Waals surface area contributed by atoms with Crippen LogP contribution in [0.2, 0.25) is 0 Å². The van der Waals surface area contributed by atoms with E-state index in [1.54, 1.807) is 30.3 Å². The molecule has 3 aromatic rings. The molecule has 0 spiro atoms. The molecular weight excluding hydrogens is 460 g/mol. The molecule has 2 heterocycles. The zero-order valence-corrected chi connectivity index (χ0v) is 20.8. The topological polar surface area (TPSA) is 74.8 Å². The fraction of sp³-hybridized carbons (Fsp3) is 0.286. The first-order chi connectivity index (χ1) is 16.8. The predicted octanol–water partition coefficient (Wildman–Crippen LogP) is 4.92. The predicted molar refractivity (Wildman–Crippen MR) is 135 cm³/mol. The van der Waals surface area contributed by atoms with Crippen LogP contribution in [0.15, 0.2) is 70.5 Å². The minimum absolute atomic E-state index is 0.00942. The molecule has 0 radical (unpaired) electrons. The molecule has 0 saturated carbocycles. The molecule has 0 bridgehead atoms. The van der Waals surface area contributed by atoms with E-state index in [2.05, 4.69) is 0 Å². The number of fused-ring (bicyclic) bond motifs is 2. The Morgan fingerprint density at radius 2 is 1.63 bits per heavy atom. The molecule has 3 aromatic carbocycles. The summed E-state index contributed by atoms with van der Waals surface area (Å²) in [6.45, 7) is 5.52. The third kappa shape index (κ3) is 4.14. The summed E-state index contributed by atoms with van der Waals surface area (Å²) in [5, 5.41) is 0. The fourth-order valence-corrected chi connectivity index (χ4v) is 6.55. The Labute approximate surface area is 206 Å². The molecule has 2 amide bonds. The normalized spacial score (nSPS) is 16.9. The summed E-state index contributed by atoms with van der Waals surface area (Å²) in [7, 11) is -3.97. The number of rotatable bonds is 3. The Bertz CT molecular complexity index is 1440. The molecule has 7 heteroatoms. The van der Waals surface area contributed by atoms with Crippen molar-refractivity contribution in [2.45, 2.75) is 49.4 Å². The molecule has 0 aromatic heterocycles. The number of sulfone groups is 1.